The Hall–Kier alpha value is -1.58. The summed E-state index contributed by atoms with van der Waals surface area (Å²) in [6.45, 7) is 0. The second-order valence-electron chi connectivity index (χ2n) is 4.65. The van der Waals surface area contributed by atoms with Gasteiger partial charge in [0.05, 0.1) is 11.8 Å². The standard InChI is InChI=1S/C12H15N3O/c16-15-12-9-2-1-8(7-9)11(12)14-10-3-5-13-6-4-10/h3-6,8-9,11,16H,1-2,7H2,(H,13,14). The summed E-state index contributed by atoms with van der Waals surface area (Å²) in [7, 11) is 0. The number of aromatic nitrogens is 1. The molecule has 2 fully saturated rings. The molecule has 3 rings (SSSR count). The topological polar surface area (TPSA) is 57.5 Å². The van der Waals surface area contributed by atoms with E-state index in [0.717, 1.165) is 11.4 Å². The van der Waals surface area contributed by atoms with Gasteiger partial charge in [0.15, 0.2) is 0 Å². The minimum Gasteiger partial charge on any atom is -0.411 e. The highest BCUT2D eigenvalue weighted by Crippen LogP contribution is 2.43. The second kappa shape index (κ2) is 3.77. The normalized spacial score (nSPS) is 34.5. The number of pyridine rings is 1. The van der Waals surface area contributed by atoms with Gasteiger partial charge in [0.1, 0.15) is 0 Å². The number of fused-ring (bicyclic) bond motifs is 2. The van der Waals surface area contributed by atoms with Crippen LogP contribution in [0.3, 0.4) is 0 Å². The molecule has 4 nitrogen and oxygen atoms in total. The second-order valence-corrected chi connectivity index (χ2v) is 4.65. The molecule has 2 aliphatic rings. The monoisotopic (exact) mass is 217 g/mol. The number of hydrogen-bond acceptors (Lipinski definition) is 4. The third-order valence-electron chi connectivity index (χ3n) is 3.80. The average molecular weight is 217 g/mol. The maximum absolute atomic E-state index is 9.07. The molecule has 1 aromatic rings. The Bertz CT molecular complexity index is 404. The maximum atomic E-state index is 9.07. The quantitative estimate of drug-likeness (QED) is 0.589. The molecule has 1 heterocycles. The van der Waals surface area contributed by atoms with E-state index in [1.807, 2.05) is 12.1 Å². The summed E-state index contributed by atoms with van der Waals surface area (Å²) in [5.41, 5.74) is 1.99. The first-order valence-electron chi connectivity index (χ1n) is 5.77. The zero-order valence-corrected chi connectivity index (χ0v) is 9.00. The van der Waals surface area contributed by atoms with Gasteiger partial charge in [-0.25, -0.2) is 0 Å². The van der Waals surface area contributed by atoms with Crippen molar-refractivity contribution in [2.45, 2.75) is 25.3 Å². The zero-order valence-electron chi connectivity index (χ0n) is 9.00. The molecule has 0 spiro atoms. The molecule has 16 heavy (non-hydrogen) atoms. The van der Waals surface area contributed by atoms with Crippen LogP contribution in [0.1, 0.15) is 19.3 Å². The summed E-state index contributed by atoms with van der Waals surface area (Å²) in [5, 5.41) is 16.0. The summed E-state index contributed by atoms with van der Waals surface area (Å²) in [5.74, 6) is 1.12. The molecule has 2 saturated carbocycles. The van der Waals surface area contributed by atoms with Gasteiger partial charge in [0.25, 0.3) is 0 Å². The lowest BCUT2D eigenvalue weighted by atomic mass is 9.93. The Morgan fingerprint density at radius 1 is 1.31 bits per heavy atom. The van der Waals surface area contributed by atoms with Gasteiger partial charge in [-0.2, -0.15) is 0 Å². The highest BCUT2D eigenvalue weighted by Gasteiger charge is 2.45. The predicted octanol–water partition coefficient (Wildman–Crippen LogP) is 2.12. The maximum Gasteiger partial charge on any atom is 0.0826 e. The third kappa shape index (κ3) is 1.45. The van der Waals surface area contributed by atoms with Gasteiger partial charge in [0, 0.05) is 24.0 Å². The van der Waals surface area contributed by atoms with Gasteiger partial charge in [-0.05, 0) is 37.3 Å². The number of nitrogens with one attached hydrogen (secondary N) is 1. The van der Waals surface area contributed by atoms with E-state index in [1.165, 1.54) is 19.3 Å². The zero-order chi connectivity index (χ0) is 11.0. The molecule has 3 atom stereocenters. The van der Waals surface area contributed by atoms with E-state index in [9.17, 15) is 0 Å². The van der Waals surface area contributed by atoms with Crippen LogP contribution in [0.2, 0.25) is 0 Å². The molecule has 84 valence electrons. The lowest BCUT2D eigenvalue weighted by Gasteiger charge is -2.24. The molecule has 0 aromatic carbocycles. The van der Waals surface area contributed by atoms with Crippen molar-refractivity contribution in [3.63, 3.8) is 0 Å². The van der Waals surface area contributed by atoms with Crippen LogP contribution >= 0.6 is 0 Å². The molecule has 0 aliphatic heterocycles. The van der Waals surface area contributed by atoms with Crippen LogP contribution in [0, 0.1) is 11.8 Å². The van der Waals surface area contributed by atoms with Crippen molar-refractivity contribution < 1.29 is 5.21 Å². The first-order chi connectivity index (χ1) is 7.88. The molecule has 0 amide bonds. The minimum absolute atomic E-state index is 0.214. The number of oxime groups is 1. The van der Waals surface area contributed by atoms with E-state index in [2.05, 4.69) is 15.5 Å². The van der Waals surface area contributed by atoms with Crippen molar-refractivity contribution in [1.29, 1.82) is 0 Å². The van der Waals surface area contributed by atoms with Gasteiger partial charge < -0.3 is 10.5 Å². The van der Waals surface area contributed by atoms with Gasteiger partial charge in [-0.3, -0.25) is 4.98 Å². The molecular formula is C12H15N3O. The Kier molecular flexibility index (Phi) is 2.27. The number of anilines is 1. The molecule has 4 heteroatoms. The van der Waals surface area contributed by atoms with Crippen molar-refractivity contribution >= 4 is 11.4 Å². The summed E-state index contributed by atoms with van der Waals surface area (Å²) < 4.78 is 0. The molecule has 2 N–H and O–H groups in total. The van der Waals surface area contributed by atoms with Crippen LogP contribution in [0.5, 0.6) is 0 Å². The van der Waals surface area contributed by atoms with E-state index in [1.54, 1.807) is 12.4 Å². The van der Waals surface area contributed by atoms with Crippen LogP contribution in [0.4, 0.5) is 5.69 Å². The van der Waals surface area contributed by atoms with Crippen LogP contribution in [-0.4, -0.2) is 21.9 Å². The van der Waals surface area contributed by atoms with Crippen LogP contribution in [0.25, 0.3) is 0 Å². The lowest BCUT2D eigenvalue weighted by molar-refractivity contribution is 0.312. The van der Waals surface area contributed by atoms with E-state index >= 15 is 0 Å². The fraction of sp³-hybridized carbons (Fsp3) is 0.500. The van der Waals surface area contributed by atoms with Crippen molar-refractivity contribution in [2.24, 2.45) is 17.0 Å². The van der Waals surface area contributed by atoms with Crippen molar-refractivity contribution in [3.8, 4) is 0 Å². The Morgan fingerprint density at radius 3 is 2.88 bits per heavy atom. The fourth-order valence-corrected chi connectivity index (χ4v) is 3.05. The minimum atomic E-state index is 0.214. The van der Waals surface area contributed by atoms with Crippen molar-refractivity contribution in [3.05, 3.63) is 24.5 Å². The molecule has 1 aromatic heterocycles. The lowest BCUT2D eigenvalue weighted by Crippen LogP contribution is -2.35. The number of rotatable bonds is 2. The highest BCUT2D eigenvalue weighted by atomic mass is 16.4. The van der Waals surface area contributed by atoms with Gasteiger partial charge >= 0.3 is 0 Å². The molecular weight excluding hydrogens is 202 g/mol. The first-order valence-corrected chi connectivity index (χ1v) is 5.77. The fourth-order valence-electron chi connectivity index (χ4n) is 3.05. The number of nitrogens with zero attached hydrogens (tertiary/aromatic N) is 2. The SMILES string of the molecule is ON=C1C2CCC(C2)C1Nc1ccncc1. The van der Waals surface area contributed by atoms with Crippen LogP contribution in [-0.2, 0) is 0 Å². The largest absolute Gasteiger partial charge is 0.411 e. The van der Waals surface area contributed by atoms with Crippen molar-refractivity contribution in [2.75, 3.05) is 5.32 Å². The molecule has 2 bridgehead atoms. The molecule has 0 saturated heterocycles. The van der Waals surface area contributed by atoms with E-state index in [4.69, 9.17) is 5.21 Å². The smallest absolute Gasteiger partial charge is 0.0826 e. The van der Waals surface area contributed by atoms with Crippen molar-refractivity contribution in [1.82, 2.24) is 4.98 Å². The predicted molar refractivity (Wildman–Crippen MR) is 61.7 cm³/mol. The summed E-state index contributed by atoms with van der Waals surface area (Å²) in [6.07, 6.45) is 7.13. The highest BCUT2D eigenvalue weighted by molar-refractivity contribution is 5.96. The van der Waals surface area contributed by atoms with Gasteiger partial charge in [-0.1, -0.05) is 5.16 Å². The van der Waals surface area contributed by atoms with Gasteiger partial charge in [-0.15, -0.1) is 0 Å². The van der Waals surface area contributed by atoms with Crippen LogP contribution < -0.4 is 5.32 Å². The summed E-state index contributed by atoms with van der Waals surface area (Å²) in [6, 6.07) is 4.10. The average Bonchev–Trinajstić information content (AvgIpc) is 2.91. The Morgan fingerprint density at radius 2 is 2.12 bits per heavy atom. The van der Waals surface area contributed by atoms with Crippen LogP contribution in [0.15, 0.2) is 29.7 Å². The molecule has 2 aliphatic carbocycles. The third-order valence-corrected chi connectivity index (χ3v) is 3.80. The van der Waals surface area contributed by atoms with Gasteiger partial charge in [0.2, 0.25) is 0 Å². The summed E-state index contributed by atoms with van der Waals surface area (Å²) >= 11 is 0. The van der Waals surface area contributed by atoms with E-state index in [0.29, 0.717) is 11.8 Å². The van der Waals surface area contributed by atoms with E-state index in [-0.39, 0.29) is 6.04 Å². The Labute approximate surface area is 94.4 Å². The number of hydrogen-bond donors (Lipinski definition) is 2. The Balaban J connectivity index is 1.80. The van der Waals surface area contributed by atoms with E-state index < -0.39 is 0 Å². The molecule has 0 radical (unpaired) electrons. The summed E-state index contributed by atoms with van der Waals surface area (Å²) in [4.78, 5) is 3.99. The molecule has 3 unspecified atom stereocenters. The first kappa shape index (κ1) is 9.63.